The molecule has 0 amide bonds. The number of aromatic nitrogens is 2. The largest absolute Gasteiger partial charge is 0.497 e. The molecule has 2 heterocycles. The summed E-state index contributed by atoms with van der Waals surface area (Å²) in [4.78, 5) is 2.33. The maximum absolute atomic E-state index is 9.69. The van der Waals surface area contributed by atoms with Crippen LogP contribution in [0.4, 0.5) is 0 Å². The van der Waals surface area contributed by atoms with Gasteiger partial charge in [0.05, 0.1) is 31.6 Å². The van der Waals surface area contributed by atoms with Gasteiger partial charge in [0, 0.05) is 19.6 Å². The summed E-state index contributed by atoms with van der Waals surface area (Å²) < 4.78 is 7.07. The lowest BCUT2D eigenvalue weighted by Gasteiger charge is -2.26. The van der Waals surface area contributed by atoms with Crippen molar-refractivity contribution in [3.63, 3.8) is 0 Å². The molecule has 1 atom stereocenters. The summed E-state index contributed by atoms with van der Waals surface area (Å²) in [5, 5.41) is 23.1. The third-order valence-electron chi connectivity index (χ3n) is 4.20. The van der Waals surface area contributed by atoms with E-state index in [1.807, 2.05) is 35.0 Å². The first-order valence-electron chi connectivity index (χ1n) is 8.08. The Labute approximate surface area is 141 Å². The number of hydrogen-bond donors (Lipinski definition) is 2. The van der Waals surface area contributed by atoms with Crippen LogP contribution in [0.15, 0.2) is 36.4 Å². The normalized spacial score (nSPS) is 16.3. The molecule has 1 aromatic heterocycles. The molecule has 0 fully saturated rings. The number of aliphatic hydroxyl groups is 2. The van der Waals surface area contributed by atoms with E-state index in [9.17, 15) is 5.11 Å². The Morgan fingerprint density at radius 3 is 2.79 bits per heavy atom. The van der Waals surface area contributed by atoms with E-state index in [4.69, 9.17) is 9.84 Å². The van der Waals surface area contributed by atoms with Gasteiger partial charge in [0.1, 0.15) is 11.9 Å². The Morgan fingerprint density at radius 1 is 1.29 bits per heavy atom. The standard InChI is InChI=1S/C18H23N3O3/c1-24-16-6-4-14(5-7-16)3-2-8-20-9-10-21-15(12-20)11-17(19-21)18(23)13-22/h2-7,11,18,22-23H,8-10,12-13H2,1H3/b3-2+. The predicted octanol–water partition coefficient (Wildman–Crippen LogP) is 1.45. The van der Waals surface area contributed by atoms with Gasteiger partial charge in [0.15, 0.2) is 0 Å². The van der Waals surface area contributed by atoms with Gasteiger partial charge in [-0.05, 0) is 23.8 Å². The van der Waals surface area contributed by atoms with Gasteiger partial charge in [-0.3, -0.25) is 9.58 Å². The first-order chi connectivity index (χ1) is 11.7. The number of nitrogens with zero attached hydrogens (tertiary/aromatic N) is 3. The van der Waals surface area contributed by atoms with E-state index in [0.717, 1.165) is 43.2 Å². The smallest absolute Gasteiger partial charge is 0.121 e. The zero-order valence-electron chi connectivity index (χ0n) is 13.8. The summed E-state index contributed by atoms with van der Waals surface area (Å²) in [6, 6.07) is 9.84. The summed E-state index contributed by atoms with van der Waals surface area (Å²) in [5.74, 6) is 0.859. The van der Waals surface area contributed by atoms with Crippen molar-refractivity contribution in [2.75, 3.05) is 26.8 Å². The molecule has 3 rings (SSSR count). The van der Waals surface area contributed by atoms with E-state index in [0.29, 0.717) is 5.69 Å². The van der Waals surface area contributed by atoms with Crippen LogP contribution in [0.5, 0.6) is 5.75 Å². The third kappa shape index (κ3) is 3.84. The first kappa shape index (κ1) is 16.7. The first-order valence-corrected chi connectivity index (χ1v) is 8.08. The van der Waals surface area contributed by atoms with Crippen LogP contribution in [0.3, 0.4) is 0 Å². The number of fused-ring (bicyclic) bond motifs is 1. The number of hydrogen-bond acceptors (Lipinski definition) is 5. The highest BCUT2D eigenvalue weighted by Gasteiger charge is 2.20. The summed E-state index contributed by atoms with van der Waals surface area (Å²) in [5.41, 5.74) is 2.76. The van der Waals surface area contributed by atoms with E-state index in [2.05, 4.69) is 22.2 Å². The number of rotatable bonds is 6. The minimum absolute atomic E-state index is 0.301. The molecular formula is C18H23N3O3. The van der Waals surface area contributed by atoms with Crippen molar-refractivity contribution in [1.29, 1.82) is 0 Å². The summed E-state index contributed by atoms with van der Waals surface area (Å²) >= 11 is 0. The third-order valence-corrected chi connectivity index (χ3v) is 4.20. The summed E-state index contributed by atoms with van der Waals surface area (Å²) in [7, 11) is 1.66. The number of benzene rings is 1. The molecule has 1 unspecified atom stereocenters. The Bertz CT molecular complexity index is 694. The molecule has 0 spiro atoms. The number of methoxy groups -OCH3 is 1. The highest BCUT2D eigenvalue weighted by Crippen LogP contribution is 2.18. The monoisotopic (exact) mass is 329 g/mol. The fraction of sp³-hybridized carbons (Fsp3) is 0.389. The van der Waals surface area contributed by atoms with Crippen LogP contribution >= 0.6 is 0 Å². The van der Waals surface area contributed by atoms with Crippen molar-refractivity contribution in [3.05, 3.63) is 53.4 Å². The zero-order chi connectivity index (χ0) is 16.9. The lowest BCUT2D eigenvalue weighted by Crippen LogP contribution is -2.33. The van der Waals surface area contributed by atoms with Crippen molar-refractivity contribution >= 4 is 6.08 Å². The Hall–Kier alpha value is -2.15. The molecule has 0 radical (unpaired) electrons. The Kier molecular flexibility index (Phi) is 5.30. The maximum Gasteiger partial charge on any atom is 0.121 e. The highest BCUT2D eigenvalue weighted by atomic mass is 16.5. The Morgan fingerprint density at radius 2 is 2.08 bits per heavy atom. The van der Waals surface area contributed by atoms with E-state index < -0.39 is 6.10 Å². The molecule has 2 N–H and O–H groups in total. The average molecular weight is 329 g/mol. The van der Waals surface area contributed by atoms with Crippen LogP contribution in [0.2, 0.25) is 0 Å². The number of ether oxygens (including phenoxy) is 1. The van der Waals surface area contributed by atoms with Crippen LogP contribution in [-0.2, 0) is 13.1 Å². The molecule has 1 aliphatic heterocycles. The van der Waals surface area contributed by atoms with Crippen LogP contribution < -0.4 is 4.74 Å². The van der Waals surface area contributed by atoms with Gasteiger partial charge in [-0.2, -0.15) is 5.10 Å². The second-order valence-electron chi connectivity index (χ2n) is 5.89. The topological polar surface area (TPSA) is 70.8 Å². The molecule has 1 aromatic carbocycles. The predicted molar refractivity (Wildman–Crippen MR) is 91.6 cm³/mol. The van der Waals surface area contributed by atoms with E-state index in [-0.39, 0.29) is 6.61 Å². The van der Waals surface area contributed by atoms with E-state index in [1.165, 1.54) is 0 Å². The molecule has 24 heavy (non-hydrogen) atoms. The summed E-state index contributed by atoms with van der Waals surface area (Å²) in [6.07, 6.45) is 3.36. The lowest BCUT2D eigenvalue weighted by molar-refractivity contribution is 0.0915. The lowest BCUT2D eigenvalue weighted by atomic mass is 10.2. The van der Waals surface area contributed by atoms with Crippen LogP contribution in [-0.4, -0.2) is 51.7 Å². The minimum Gasteiger partial charge on any atom is -0.497 e. The SMILES string of the molecule is COc1ccc(/C=C/CN2CCn3nc(C(O)CO)cc3C2)cc1. The number of aliphatic hydroxyl groups excluding tert-OH is 2. The van der Waals surface area contributed by atoms with Crippen LogP contribution in [0, 0.1) is 0 Å². The molecule has 0 bridgehead atoms. The van der Waals surface area contributed by atoms with Gasteiger partial charge in [-0.25, -0.2) is 0 Å². The van der Waals surface area contributed by atoms with Crippen molar-refractivity contribution in [2.24, 2.45) is 0 Å². The zero-order valence-corrected chi connectivity index (χ0v) is 13.8. The molecule has 2 aromatic rings. The molecule has 6 nitrogen and oxygen atoms in total. The van der Waals surface area contributed by atoms with E-state index >= 15 is 0 Å². The molecular weight excluding hydrogens is 306 g/mol. The molecule has 0 saturated carbocycles. The second kappa shape index (κ2) is 7.61. The van der Waals surface area contributed by atoms with Gasteiger partial charge in [0.25, 0.3) is 0 Å². The fourth-order valence-electron chi connectivity index (χ4n) is 2.81. The van der Waals surface area contributed by atoms with Crippen molar-refractivity contribution in [3.8, 4) is 5.75 Å². The molecule has 6 heteroatoms. The summed E-state index contributed by atoms with van der Waals surface area (Å²) in [6.45, 7) is 3.05. The van der Waals surface area contributed by atoms with Crippen molar-refractivity contribution < 1.29 is 14.9 Å². The molecule has 0 aliphatic carbocycles. The molecule has 1 aliphatic rings. The van der Waals surface area contributed by atoms with Crippen LogP contribution in [0.25, 0.3) is 6.08 Å². The van der Waals surface area contributed by atoms with Gasteiger partial charge >= 0.3 is 0 Å². The van der Waals surface area contributed by atoms with Crippen molar-refractivity contribution in [1.82, 2.24) is 14.7 Å². The quantitative estimate of drug-likeness (QED) is 0.839. The van der Waals surface area contributed by atoms with Crippen LogP contribution in [0.1, 0.15) is 23.1 Å². The molecule has 128 valence electrons. The van der Waals surface area contributed by atoms with Crippen molar-refractivity contribution in [2.45, 2.75) is 19.2 Å². The fourth-order valence-corrected chi connectivity index (χ4v) is 2.81. The van der Waals surface area contributed by atoms with Gasteiger partial charge < -0.3 is 14.9 Å². The average Bonchev–Trinajstić information content (AvgIpc) is 3.05. The second-order valence-corrected chi connectivity index (χ2v) is 5.89. The minimum atomic E-state index is -0.897. The van der Waals surface area contributed by atoms with E-state index in [1.54, 1.807) is 7.11 Å². The van der Waals surface area contributed by atoms with Gasteiger partial charge in [-0.1, -0.05) is 24.3 Å². The highest BCUT2D eigenvalue weighted by molar-refractivity contribution is 5.50. The van der Waals surface area contributed by atoms with Gasteiger partial charge in [0.2, 0.25) is 0 Å². The van der Waals surface area contributed by atoms with Gasteiger partial charge in [-0.15, -0.1) is 0 Å². The maximum atomic E-state index is 9.69. The Balaban J connectivity index is 1.57. The molecule has 0 saturated heterocycles.